The highest BCUT2D eigenvalue weighted by molar-refractivity contribution is 5.97. The zero-order chi connectivity index (χ0) is 15.1. The summed E-state index contributed by atoms with van der Waals surface area (Å²) in [7, 11) is 1.44. The summed E-state index contributed by atoms with van der Waals surface area (Å²) in [4.78, 5) is 27.0. The molecule has 110 valence electrons. The molecule has 1 aromatic heterocycles. The van der Waals surface area contributed by atoms with Gasteiger partial charge in [0.25, 0.3) is 0 Å². The number of hydrogen-bond acceptors (Lipinski definition) is 5. The number of ether oxygens (including phenoxy) is 1. The largest absolute Gasteiger partial charge is 0.473 e. The van der Waals surface area contributed by atoms with Crippen LogP contribution < -0.4 is 20.7 Å². The molecule has 0 spiro atoms. The van der Waals surface area contributed by atoms with Crippen LogP contribution in [0.15, 0.2) is 18.3 Å². The molecule has 1 heterocycles. The van der Waals surface area contributed by atoms with Crippen molar-refractivity contribution in [1.82, 2.24) is 15.6 Å². The molecule has 1 aromatic rings. The number of hydrogen-bond donors (Lipinski definition) is 3. The highest BCUT2D eigenvalue weighted by Crippen LogP contribution is 2.22. The highest BCUT2D eigenvalue weighted by atomic mass is 16.5. The van der Waals surface area contributed by atoms with E-state index in [1.807, 2.05) is 13.8 Å². The minimum Gasteiger partial charge on any atom is -0.473 e. The van der Waals surface area contributed by atoms with E-state index in [0.717, 1.165) is 0 Å². The Bertz CT molecular complexity index is 476. The fourth-order valence-electron chi connectivity index (χ4n) is 1.40. The molecule has 0 aliphatic rings. The molecule has 0 aromatic carbocycles. The van der Waals surface area contributed by atoms with E-state index in [9.17, 15) is 9.59 Å². The van der Waals surface area contributed by atoms with E-state index < -0.39 is 18.0 Å². The van der Waals surface area contributed by atoms with Gasteiger partial charge in [0.05, 0.1) is 11.8 Å². The Hall–Kier alpha value is -2.31. The smallest absolute Gasteiger partial charge is 0.321 e. The van der Waals surface area contributed by atoms with Crippen LogP contribution in [-0.2, 0) is 4.79 Å². The number of carbonyl (C=O) groups excluding carboxylic acids is 2. The predicted octanol–water partition coefficient (Wildman–Crippen LogP) is 1.12. The summed E-state index contributed by atoms with van der Waals surface area (Å²) in [5.41, 5.74) is 0.598. The number of anilines is 1. The number of imide groups is 1. The van der Waals surface area contributed by atoms with Crippen molar-refractivity contribution >= 4 is 17.6 Å². The lowest BCUT2D eigenvalue weighted by atomic mass is 10.3. The average molecular weight is 280 g/mol. The van der Waals surface area contributed by atoms with Crippen molar-refractivity contribution in [2.24, 2.45) is 0 Å². The van der Waals surface area contributed by atoms with E-state index in [2.05, 4.69) is 20.9 Å². The molecule has 0 fully saturated rings. The molecule has 3 amide bonds. The molecule has 0 saturated carbocycles. The van der Waals surface area contributed by atoms with E-state index >= 15 is 0 Å². The third-order valence-electron chi connectivity index (χ3n) is 2.35. The molecule has 3 N–H and O–H groups in total. The number of nitrogens with one attached hydrogen (secondary N) is 3. The summed E-state index contributed by atoms with van der Waals surface area (Å²) in [5, 5.41) is 7.48. The lowest BCUT2D eigenvalue weighted by Crippen LogP contribution is -2.44. The Kier molecular flexibility index (Phi) is 5.76. The van der Waals surface area contributed by atoms with Gasteiger partial charge in [-0.25, -0.2) is 9.78 Å². The fraction of sp³-hybridized carbons (Fsp3) is 0.462. The number of carbonyl (C=O) groups is 2. The molecule has 0 aliphatic heterocycles. The predicted molar refractivity (Wildman–Crippen MR) is 75.7 cm³/mol. The van der Waals surface area contributed by atoms with Crippen molar-refractivity contribution in [3.05, 3.63) is 18.3 Å². The Morgan fingerprint density at radius 3 is 2.60 bits per heavy atom. The van der Waals surface area contributed by atoms with Crippen LogP contribution in [0.3, 0.4) is 0 Å². The Morgan fingerprint density at radius 1 is 1.30 bits per heavy atom. The van der Waals surface area contributed by atoms with Gasteiger partial charge in [0.15, 0.2) is 0 Å². The van der Waals surface area contributed by atoms with Crippen LogP contribution in [0.4, 0.5) is 10.5 Å². The second kappa shape index (κ2) is 7.32. The number of aromatic nitrogens is 1. The lowest BCUT2D eigenvalue weighted by Gasteiger charge is -2.18. The summed E-state index contributed by atoms with van der Waals surface area (Å²) in [6, 6.07) is 2.34. The molecule has 0 saturated heterocycles. The van der Waals surface area contributed by atoms with Crippen molar-refractivity contribution in [1.29, 1.82) is 0 Å². The van der Waals surface area contributed by atoms with Gasteiger partial charge in [-0.2, -0.15) is 0 Å². The lowest BCUT2D eigenvalue weighted by molar-refractivity contribution is -0.120. The van der Waals surface area contributed by atoms with Gasteiger partial charge in [-0.05, 0) is 32.9 Å². The van der Waals surface area contributed by atoms with Gasteiger partial charge in [-0.1, -0.05) is 0 Å². The topological polar surface area (TPSA) is 92.4 Å². The molecule has 7 heteroatoms. The number of pyridine rings is 1. The molecular weight excluding hydrogens is 260 g/mol. The normalized spacial score (nSPS) is 11.7. The van der Waals surface area contributed by atoms with Crippen molar-refractivity contribution in [3.63, 3.8) is 0 Å². The van der Waals surface area contributed by atoms with Crippen molar-refractivity contribution in [2.75, 3.05) is 12.4 Å². The Balaban J connectivity index is 2.72. The van der Waals surface area contributed by atoms with Gasteiger partial charge < -0.3 is 15.4 Å². The molecule has 7 nitrogen and oxygen atoms in total. The van der Waals surface area contributed by atoms with Gasteiger partial charge in [0, 0.05) is 13.2 Å². The Labute approximate surface area is 118 Å². The zero-order valence-electron chi connectivity index (χ0n) is 12.1. The van der Waals surface area contributed by atoms with E-state index in [1.54, 1.807) is 25.3 Å². The number of amides is 3. The van der Waals surface area contributed by atoms with E-state index in [0.29, 0.717) is 11.6 Å². The number of rotatable bonds is 5. The SMILES string of the molecule is CNC(=O)NC(=O)C(C)Nc1cccnc1OC(C)C. The third-order valence-corrected chi connectivity index (χ3v) is 2.35. The highest BCUT2D eigenvalue weighted by Gasteiger charge is 2.17. The minimum absolute atomic E-state index is 0.0274. The molecule has 1 rings (SSSR count). The van der Waals surface area contributed by atoms with E-state index in [1.165, 1.54) is 7.05 Å². The molecular formula is C13H20N4O3. The first-order valence-electron chi connectivity index (χ1n) is 6.34. The van der Waals surface area contributed by atoms with Gasteiger partial charge in [0.2, 0.25) is 11.8 Å². The molecule has 0 bridgehead atoms. The van der Waals surface area contributed by atoms with Crippen LogP contribution >= 0.6 is 0 Å². The summed E-state index contributed by atoms with van der Waals surface area (Å²) in [6.07, 6.45) is 1.58. The maximum atomic E-state index is 11.8. The van der Waals surface area contributed by atoms with Crippen LogP contribution in [0.25, 0.3) is 0 Å². The first-order chi connectivity index (χ1) is 9.43. The molecule has 1 atom stereocenters. The van der Waals surface area contributed by atoms with Gasteiger partial charge in [-0.15, -0.1) is 0 Å². The maximum absolute atomic E-state index is 11.8. The fourth-order valence-corrected chi connectivity index (χ4v) is 1.40. The van der Waals surface area contributed by atoms with Crippen LogP contribution in [0.5, 0.6) is 5.88 Å². The van der Waals surface area contributed by atoms with Crippen molar-refractivity contribution < 1.29 is 14.3 Å². The summed E-state index contributed by atoms with van der Waals surface area (Å²) < 4.78 is 5.54. The maximum Gasteiger partial charge on any atom is 0.321 e. The van der Waals surface area contributed by atoms with Crippen molar-refractivity contribution in [2.45, 2.75) is 32.9 Å². The number of nitrogens with zero attached hydrogens (tertiary/aromatic N) is 1. The average Bonchev–Trinajstić information content (AvgIpc) is 2.40. The molecule has 0 radical (unpaired) electrons. The van der Waals surface area contributed by atoms with Crippen LogP contribution in [0, 0.1) is 0 Å². The summed E-state index contributed by atoms with van der Waals surface area (Å²) >= 11 is 0. The van der Waals surface area contributed by atoms with Crippen molar-refractivity contribution in [3.8, 4) is 5.88 Å². The zero-order valence-corrected chi connectivity index (χ0v) is 12.1. The molecule has 20 heavy (non-hydrogen) atoms. The van der Waals surface area contributed by atoms with E-state index in [-0.39, 0.29) is 6.10 Å². The van der Waals surface area contributed by atoms with E-state index in [4.69, 9.17) is 4.74 Å². The second-order valence-corrected chi connectivity index (χ2v) is 4.46. The quantitative estimate of drug-likeness (QED) is 0.751. The van der Waals surface area contributed by atoms with Gasteiger partial charge in [-0.3, -0.25) is 10.1 Å². The van der Waals surface area contributed by atoms with Gasteiger partial charge >= 0.3 is 6.03 Å². The standard InChI is InChI=1S/C13H20N4O3/c1-8(2)20-12-10(6-5-7-15-12)16-9(3)11(18)17-13(19)14-4/h5-9,16H,1-4H3,(H2,14,17,18,19). The minimum atomic E-state index is -0.606. The first kappa shape index (κ1) is 15.7. The monoisotopic (exact) mass is 280 g/mol. The third kappa shape index (κ3) is 4.75. The van der Waals surface area contributed by atoms with Gasteiger partial charge in [0.1, 0.15) is 6.04 Å². The number of urea groups is 1. The van der Waals surface area contributed by atoms with Crippen LogP contribution in [0.1, 0.15) is 20.8 Å². The van der Waals surface area contributed by atoms with Crippen LogP contribution in [0.2, 0.25) is 0 Å². The molecule has 0 aliphatic carbocycles. The summed E-state index contributed by atoms with van der Waals surface area (Å²) in [5.74, 6) is -0.0224. The van der Waals surface area contributed by atoms with Crippen LogP contribution in [-0.4, -0.2) is 36.1 Å². The molecule has 1 unspecified atom stereocenters. The second-order valence-electron chi connectivity index (χ2n) is 4.46. The first-order valence-corrected chi connectivity index (χ1v) is 6.34. The summed E-state index contributed by atoms with van der Waals surface area (Å²) in [6.45, 7) is 5.42. The Morgan fingerprint density at radius 2 is 2.00 bits per heavy atom.